The summed E-state index contributed by atoms with van der Waals surface area (Å²) in [7, 11) is 1.29. The average Bonchev–Trinajstić information content (AvgIpc) is 3.16. The molecule has 2 aliphatic heterocycles. The van der Waals surface area contributed by atoms with Gasteiger partial charge in [0.25, 0.3) is 0 Å². The highest BCUT2D eigenvalue weighted by atomic mass is 19.4. The van der Waals surface area contributed by atoms with E-state index in [0.717, 1.165) is 17.7 Å². The van der Waals surface area contributed by atoms with E-state index in [2.05, 4.69) is 10.6 Å². The van der Waals surface area contributed by atoms with Gasteiger partial charge in [0.2, 0.25) is 0 Å². The number of urea groups is 1. The van der Waals surface area contributed by atoms with Crippen LogP contribution in [0.25, 0.3) is 0 Å². The minimum Gasteiger partial charge on any atom is -0.487 e. The Kier molecular flexibility index (Phi) is 6.67. The van der Waals surface area contributed by atoms with Crippen molar-refractivity contribution in [2.24, 2.45) is 0 Å². The van der Waals surface area contributed by atoms with E-state index >= 15 is 0 Å². The first kappa shape index (κ1) is 23.8. The van der Waals surface area contributed by atoms with Crippen molar-refractivity contribution >= 4 is 23.4 Å². The van der Waals surface area contributed by atoms with Gasteiger partial charge in [0.05, 0.1) is 31.8 Å². The standard InChI is InChI=1S/C23H23F3N2O6/c1-32-20(30)10-15-9-17-16-8-14(6-7-18(16)34-21(17)19(11-29)33-15)28-22(31)27-13-4-2-12(3-5-13)23(24,25)26/h2-8,15,17,19,21,29H,9-11H2,1H3,(H2,27,28,31)/t15-,17+,19+,21-/m0/s1. The lowest BCUT2D eigenvalue weighted by molar-refractivity contribution is -0.156. The van der Waals surface area contributed by atoms with Crippen LogP contribution in [0.2, 0.25) is 0 Å². The molecule has 11 heteroatoms. The number of anilines is 2. The lowest BCUT2D eigenvalue weighted by Crippen LogP contribution is -2.46. The predicted molar refractivity (Wildman–Crippen MR) is 115 cm³/mol. The van der Waals surface area contributed by atoms with Crippen LogP contribution in [0.1, 0.15) is 29.9 Å². The smallest absolute Gasteiger partial charge is 0.416 e. The Bertz CT molecular complexity index is 1060. The number of methoxy groups -OCH3 is 1. The van der Waals surface area contributed by atoms with E-state index in [-0.39, 0.29) is 24.6 Å². The second-order valence-corrected chi connectivity index (χ2v) is 8.09. The summed E-state index contributed by atoms with van der Waals surface area (Å²) in [5, 5.41) is 14.9. The van der Waals surface area contributed by atoms with Gasteiger partial charge in [-0.1, -0.05) is 0 Å². The van der Waals surface area contributed by atoms with Gasteiger partial charge < -0.3 is 30.0 Å². The summed E-state index contributed by atoms with van der Waals surface area (Å²) in [6, 6.07) is 8.53. The fourth-order valence-electron chi connectivity index (χ4n) is 4.27. The first-order valence-electron chi connectivity index (χ1n) is 10.6. The number of hydrogen-bond donors (Lipinski definition) is 3. The first-order valence-corrected chi connectivity index (χ1v) is 10.6. The number of aliphatic hydroxyl groups is 1. The third-order valence-electron chi connectivity index (χ3n) is 5.85. The highest BCUT2D eigenvalue weighted by molar-refractivity contribution is 5.99. The van der Waals surface area contributed by atoms with E-state index in [1.807, 2.05) is 0 Å². The lowest BCUT2D eigenvalue weighted by Gasteiger charge is -2.36. The zero-order valence-corrected chi connectivity index (χ0v) is 18.1. The van der Waals surface area contributed by atoms with E-state index in [4.69, 9.17) is 14.2 Å². The number of rotatable bonds is 5. The number of fused-ring (bicyclic) bond motifs is 3. The van der Waals surface area contributed by atoms with Crippen LogP contribution >= 0.6 is 0 Å². The van der Waals surface area contributed by atoms with Crippen molar-refractivity contribution < 1.29 is 42.1 Å². The maximum Gasteiger partial charge on any atom is 0.416 e. The van der Waals surface area contributed by atoms with E-state index in [0.29, 0.717) is 17.9 Å². The van der Waals surface area contributed by atoms with Crippen molar-refractivity contribution in [2.75, 3.05) is 24.4 Å². The van der Waals surface area contributed by atoms with Gasteiger partial charge in [-0.3, -0.25) is 4.79 Å². The minimum absolute atomic E-state index is 0.0407. The average molecular weight is 480 g/mol. The molecular formula is C23H23F3N2O6. The van der Waals surface area contributed by atoms with Crippen molar-refractivity contribution in [3.63, 3.8) is 0 Å². The molecular weight excluding hydrogens is 457 g/mol. The normalized spacial score (nSPS) is 23.3. The Hall–Kier alpha value is -3.31. The van der Waals surface area contributed by atoms with Crippen LogP contribution < -0.4 is 15.4 Å². The molecule has 2 amide bonds. The Labute approximate surface area is 193 Å². The first-order chi connectivity index (χ1) is 16.2. The molecule has 0 aromatic heterocycles. The topological polar surface area (TPSA) is 106 Å². The highest BCUT2D eigenvalue weighted by Crippen LogP contribution is 2.47. The second kappa shape index (κ2) is 9.51. The fraction of sp³-hybridized carbons (Fsp3) is 0.391. The molecule has 0 unspecified atom stereocenters. The summed E-state index contributed by atoms with van der Waals surface area (Å²) in [5.74, 6) is -0.00520. The molecule has 0 aliphatic carbocycles. The number of hydrogen-bond acceptors (Lipinski definition) is 6. The van der Waals surface area contributed by atoms with E-state index in [1.54, 1.807) is 18.2 Å². The van der Waals surface area contributed by atoms with Crippen molar-refractivity contribution in [3.05, 3.63) is 53.6 Å². The molecule has 4 atom stereocenters. The van der Waals surface area contributed by atoms with Crippen LogP contribution in [0.15, 0.2) is 42.5 Å². The molecule has 0 spiro atoms. The number of benzene rings is 2. The van der Waals surface area contributed by atoms with Crippen LogP contribution in [0.5, 0.6) is 5.75 Å². The molecule has 0 bridgehead atoms. The fourth-order valence-corrected chi connectivity index (χ4v) is 4.27. The van der Waals surface area contributed by atoms with Crippen LogP contribution in [0.3, 0.4) is 0 Å². The van der Waals surface area contributed by atoms with Crippen LogP contribution in [0, 0.1) is 0 Å². The van der Waals surface area contributed by atoms with E-state index < -0.39 is 42.1 Å². The molecule has 2 aromatic rings. The van der Waals surface area contributed by atoms with Gasteiger partial charge in [-0.25, -0.2) is 4.79 Å². The van der Waals surface area contributed by atoms with Gasteiger partial charge in [-0.05, 0) is 48.9 Å². The summed E-state index contributed by atoms with van der Waals surface area (Å²) in [5.41, 5.74) is 0.642. The van der Waals surface area contributed by atoms with Crippen LogP contribution in [-0.4, -0.2) is 49.1 Å². The summed E-state index contributed by atoms with van der Waals surface area (Å²) < 4.78 is 54.6. The van der Waals surface area contributed by atoms with Crippen LogP contribution in [-0.2, 0) is 20.4 Å². The zero-order valence-electron chi connectivity index (χ0n) is 18.1. The number of amides is 2. The molecule has 8 nitrogen and oxygen atoms in total. The third-order valence-corrected chi connectivity index (χ3v) is 5.85. The maximum absolute atomic E-state index is 12.7. The number of halogens is 3. The number of carbonyl (C=O) groups is 2. The molecule has 0 radical (unpaired) electrons. The molecule has 182 valence electrons. The van der Waals surface area contributed by atoms with Gasteiger partial charge in [-0.15, -0.1) is 0 Å². The number of nitrogens with one attached hydrogen (secondary N) is 2. The molecule has 2 aliphatic rings. The Morgan fingerprint density at radius 2 is 1.79 bits per heavy atom. The van der Waals surface area contributed by atoms with Crippen molar-refractivity contribution in [3.8, 4) is 5.75 Å². The number of aliphatic hydroxyl groups excluding tert-OH is 1. The van der Waals surface area contributed by atoms with Gasteiger partial charge in [0.15, 0.2) is 0 Å². The quantitative estimate of drug-likeness (QED) is 0.561. The van der Waals surface area contributed by atoms with Crippen LogP contribution in [0.4, 0.5) is 29.3 Å². The largest absolute Gasteiger partial charge is 0.487 e. The summed E-state index contributed by atoms with van der Waals surface area (Å²) >= 11 is 0. The van der Waals surface area contributed by atoms with Gasteiger partial charge in [0.1, 0.15) is 18.0 Å². The molecule has 1 fully saturated rings. The van der Waals surface area contributed by atoms with Crippen molar-refractivity contribution in [1.29, 1.82) is 0 Å². The second-order valence-electron chi connectivity index (χ2n) is 8.09. The molecule has 2 aromatic carbocycles. The Morgan fingerprint density at radius 1 is 1.12 bits per heavy atom. The van der Waals surface area contributed by atoms with E-state index in [9.17, 15) is 27.9 Å². The number of alkyl halides is 3. The number of ether oxygens (including phenoxy) is 3. The molecule has 1 saturated heterocycles. The lowest BCUT2D eigenvalue weighted by atomic mass is 9.84. The zero-order chi connectivity index (χ0) is 24.5. The Balaban J connectivity index is 1.45. The van der Waals surface area contributed by atoms with E-state index in [1.165, 1.54) is 19.2 Å². The number of carbonyl (C=O) groups excluding carboxylic acids is 2. The molecule has 3 N–H and O–H groups in total. The predicted octanol–water partition coefficient (Wildman–Crippen LogP) is 3.91. The highest BCUT2D eigenvalue weighted by Gasteiger charge is 2.46. The summed E-state index contributed by atoms with van der Waals surface area (Å²) in [6.45, 7) is -0.284. The van der Waals surface area contributed by atoms with Gasteiger partial charge >= 0.3 is 18.2 Å². The minimum atomic E-state index is -4.46. The molecule has 0 saturated carbocycles. The van der Waals surface area contributed by atoms with Crippen molar-refractivity contribution in [1.82, 2.24) is 0 Å². The SMILES string of the molecule is COC(=O)C[C@@H]1C[C@@H]2c3cc(NC(=O)Nc4ccc(C(F)(F)F)cc4)ccc3O[C@@H]2[C@@H](CO)O1. The summed E-state index contributed by atoms with van der Waals surface area (Å²) in [6.07, 6.45) is -5.48. The third kappa shape index (κ3) is 5.10. The van der Waals surface area contributed by atoms with Crippen molar-refractivity contribution in [2.45, 2.75) is 43.2 Å². The monoisotopic (exact) mass is 480 g/mol. The number of esters is 1. The molecule has 34 heavy (non-hydrogen) atoms. The summed E-state index contributed by atoms with van der Waals surface area (Å²) in [4.78, 5) is 24.1. The molecule has 2 heterocycles. The van der Waals surface area contributed by atoms with Gasteiger partial charge in [0, 0.05) is 22.9 Å². The maximum atomic E-state index is 12.7. The molecule has 4 rings (SSSR count). The Morgan fingerprint density at radius 3 is 2.44 bits per heavy atom. The van der Waals surface area contributed by atoms with Gasteiger partial charge in [-0.2, -0.15) is 13.2 Å².